The predicted octanol–water partition coefficient (Wildman–Crippen LogP) is 13.8. The largest absolute Gasteiger partial charge is 0.456 e. The van der Waals surface area contributed by atoms with E-state index in [4.69, 9.17) is 19.4 Å². The van der Waals surface area contributed by atoms with Gasteiger partial charge in [0.1, 0.15) is 11.2 Å². The average molecular weight is 757 g/mol. The lowest BCUT2D eigenvalue weighted by Crippen LogP contribution is -2.14. The Hall–Kier alpha value is -7.63. The fraction of sp³-hybridized carbons (Fsp3) is 0.0556. The first kappa shape index (κ1) is 33.5. The number of hydrogen-bond acceptors (Lipinski definition) is 4. The molecule has 1 aliphatic rings. The molecular weight excluding hydrogens is 721 g/mol. The molecule has 0 aliphatic heterocycles. The van der Waals surface area contributed by atoms with E-state index < -0.39 is 0 Å². The summed E-state index contributed by atoms with van der Waals surface area (Å²) in [5.41, 5.74) is 15.2. The van der Waals surface area contributed by atoms with Crippen LogP contribution in [-0.2, 0) is 5.41 Å². The smallest absolute Gasteiger partial charge is 0.164 e. The third-order valence-electron chi connectivity index (χ3n) is 12.3. The molecule has 0 unspecified atom stereocenters. The summed E-state index contributed by atoms with van der Waals surface area (Å²) in [7, 11) is 0. The first-order valence-corrected chi connectivity index (χ1v) is 20.1. The molecule has 0 bridgehead atoms. The van der Waals surface area contributed by atoms with E-state index in [1.807, 2.05) is 30.3 Å². The number of aromatic nitrogens is 4. The van der Waals surface area contributed by atoms with Gasteiger partial charge in [0.2, 0.25) is 0 Å². The quantitative estimate of drug-likeness (QED) is 0.175. The number of para-hydroxylation sites is 2. The van der Waals surface area contributed by atoms with E-state index in [-0.39, 0.29) is 5.41 Å². The zero-order valence-corrected chi connectivity index (χ0v) is 32.5. The van der Waals surface area contributed by atoms with Crippen molar-refractivity contribution >= 4 is 43.7 Å². The third-order valence-corrected chi connectivity index (χ3v) is 12.3. The van der Waals surface area contributed by atoms with Crippen LogP contribution in [0.1, 0.15) is 25.0 Å². The van der Waals surface area contributed by atoms with Crippen LogP contribution in [0.15, 0.2) is 186 Å². The van der Waals surface area contributed by atoms with Crippen molar-refractivity contribution in [2.45, 2.75) is 19.3 Å². The topological polar surface area (TPSA) is 56.7 Å². The lowest BCUT2D eigenvalue weighted by Gasteiger charge is -2.21. The van der Waals surface area contributed by atoms with E-state index in [9.17, 15) is 0 Å². The standard InChI is InChI=1S/C54H36N4O/c1-54(2)45-20-9-6-17-39(45)43-31-44-40-18-7-10-21-47(40)58(48(44)32-46(43)54)38-16-12-15-36(29-38)52-55-51(35-25-23-34(24-26-35)33-13-4-3-5-14-33)56-53(57-52)37-27-28-42-41-19-8-11-22-49(41)59-50(42)30-37/h3-32H,1-2H3. The molecule has 3 aromatic heterocycles. The molecule has 0 saturated carbocycles. The maximum Gasteiger partial charge on any atom is 0.164 e. The van der Waals surface area contributed by atoms with Crippen LogP contribution in [0, 0.1) is 0 Å². The summed E-state index contributed by atoms with van der Waals surface area (Å²) in [6, 6.07) is 64.2. The minimum atomic E-state index is -0.119. The molecule has 5 nitrogen and oxygen atoms in total. The molecule has 3 heterocycles. The molecule has 12 rings (SSSR count). The van der Waals surface area contributed by atoms with Gasteiger partial charge < -0.3 is 8.98 Å². The highest BCUT2D eigenvalue weighted by molar-refractivity contribution is 6.12. The molecule has 0 atom stereocenters. The molecule has 0 spiro atoms. The Morgan fingerprint density at radius 2 is 1.00 bits per heavy atom. The van der Waals surface area contributed by atoms with Gasteiger partial charge in [-0.25, -0.2) is 15.0 Å². The second kappa shape index (κ2) is 12.7. The van der Waals surface area contributed by atoms with Crippen molar-refractivity contribution in [2.75, 3.05) is 0 Å². The minimum Gasteiger partial charge on any atom is -0.456 e. The Morgan fingerprint density at radius 3 is 1.83 bits per heavy atom. The fourth-order valence-electron chi connectivity index (χ4n) is 9.30. The van der Waals surface area contributed by atoms with Crippen molar-refractivity contribution in [3.05, 3.63) is 193 Å². The van der Waals surface area contributed by atoms with Crippen LogP contribution in [-0.4, -0.2) is 19.5 Å². The Bertz CT molecular complexity index is 3470. The third kappa shape index (κ3) is 5.21. The highest BCUT2D eigenvalue weighted by Gasteiger charge is 2.36. The van der Waals surface area contributed by atoms with E-state index in [0.717, 1.165) is 61.0 Å². The normalized spacial score (nSPS) is 13.1. The Labute approximate surface area is 340 Å². The lowest BCUT2D eigenvalue weighted by molar-refractivity contribution is 0.661. The molecule has 59 heavy (non-hydrogen) atoms. The zero-order chi connectivity index (χ0) is 39.2. The van der Waals surface area contributed by atoms with E-state index >= 15 is 0 Å². The van der Waals surface area contributed by atoms with Gasteiger partial charge in [0, 0.05) is 49.3 Å². The van der Waals surface area contributed by atoms with Crippen molar-refractivity contribution in [1.29, 1.82) is 0 Å². The summed E-state index contributed by atoms with van der Waals surface area (Å²) in [5, 5.41) is 4.61. The highest BCUT2D eigenvalue weighted by atomic mass is 16.3. The molecule has 5 heteroatoms. The molecular formula is C54H36N4O. The SMILES string of the molecule is CC1(C)c2ccccc2-c2cc3c4ccccc4n(-c4cccc(-c5nc(-c6ccc(-c7ccccc7)cc6)nc(-c6ccc7c(c6)oc6ccccc67)n5)c4)c3cc21. The second-order valence-electron chi connectivity index (χ2n) is 16.0. The lowest BCUT2D eigenvalue weighted by atomic mass is 9.82. The van der Waals surface area contributed by atoms with Gasteiger partial charge >= 0.3 is 0 Å². The first-order chi connectivity index (χ1) is 29.0. The van der Waals surface area contributed by atoms with E-state index in [1.165, 1.54) is 38.5 Å². The minimum absolute atomic E-state index is 0.119. The molecule has 0 N–H and O–H groups in total. The van der Waals surface area contributed by atoms with Gasteiger partial charge in [0.15, 0.2) is 17.5 Å². The summed E-state index contributed by atoms with van der Waals surface area (Å²) in [6.07, 6.45) is 0. The van der Waals surface area contributed by atoms with Crippen LogP contribution < -0.4 is 0 Å². The summed E-state index contributed by atoms with van der Waals surface area (Å²) < 4.78 is 8.71. The zero-order valence-electron chi connectivity index (χ0n) is 32.5. The molecule has 8 aromatic carbocycles. The van der Waals surface area contributed by atoms with Crippen LogP contribution in [0.4, 0.5) is 0 Å². The Balaban J connectivity index is 1.03. The summed E-state index contributed by atoms with van der Waals surface area (Å²) in [6.45, 7) is 4.68. The number of rotatable bonds is 5. The molecule has 1 aliphatic carbocycles. The van der Waals surface area contributed by atoms with Gasteiger partial charge in [-0.3, -0.25) is 0 Å². The molecule has 0 fully saturated rings. The molecule has 0 saturated heterocycles. The van der Waals surface area contributed by atoms with E-state index in [0.29, 0.717) is 17.5 Å². The highest BCUT2D eigenvalue weighted by Crippen LogP contribution is 2.51. The van der Waals surface area contributed by atoms with Crippen molar-refractivity contribution in [2.24, 2.45) is 0 Å². The molecule has 278 valence electrons. The van der Waals surface area contributed by atoms with Gasteiger partial charge in [-0.1, -0.05) is 147 Å². The number of fused-ring (bicyclic) bond motifs is 9. The van der Waals surface area contributed by atoms with Crippen LogP contribution >= 0.6 is 0 Å². The van der Waals surface area contributed by atoms with Crippen LogP contribution in [0.2, 0.25) is 0 Å². The van der Waals surface area contributed by atoms with Crippen LogP contribution in [0.25, 0.3) is 106 Å². The average Bonchev–Trinajstić information content (AvgIpc) is 3.90. The molecule has 11 aromatic rings. The number of hydrogen-bond donors (Lipinski definition) is 0. The molecule has 0 amide bonds. The monoisotopic (exact) mass is 756 g/mol. The number of benzene rings is 8. The van der Waals surface area contributed by atoms with E-state index in [2.05, 4.69) is 170 Å². The van der Waals surface area contributed by atoms with Gasteiger partial charge in [-0.05, 0) is 81.9 Å². The van der Waals surface area contributed by atoms with Gasteiger partial charge in [0.25, 0.3) is 0 Å². The van der Waals surface area contributed by atoms with Crippen molar-refractivity contribution in [3.63, 3.8) is 0 Å². The van der Waals surface area contributed by atoms with Crippen molar-refractivity contribution < 1.29 is 4.42 Å². The van der Waals surface area contributed by atoms with Gasteiger partial charge in [-0.2, -0.15) is 0 Å². The summed E-state index contributed by atoms with van der Waals surface area (Å²) in [5.74, 6) is 1.79. The van der Waals surface area contributed by atoms with Gasteiger partial charge in [0.05, 0.1) is 11.0 Å². The molecule has 0 radical (unpaired) electrons. The Morgan fingerprint density at radius 1 is 0.390 bits per heavy atom. The van der Waals surface area contributed by atoms with E-state index in [1.54, 1.807) is 0 Å². The maximum atomic E-state index is 6.31. The Kier molecular flexibility index (Phi) is 7.20. The van der Waals surface area contributed by atoms with Crippen LogP contribution in [0.5, 0.6) is 0 Å². The number of nitrogens with zero attached hydrogens (tertiary/aromatic N) is 4. The summed E-state index contributed by atoms with van der Waals surface area (Å²) in [4.78, 5) is 15.5. The second-order valence-corrected chi connectivity index (χ2v) is 16.0. The number of furan rings is 1. The maximum absolute atomic E-state index is 6.31. The first-order valence-electron chi connectivity index (χ1n) is 20.1. The van der Waals surface area contributed by atoms with Crippen LogP contribution in [0.3, 0.4) is 0 Å². The predicted molar refractivity (Wildman–Crippen MR) is 241 cm³/mol. The fourth-order valence-corrected chi connectivity index (χ4v) is 9.30. The van der Waals surface area contributed by atoms with Crippen molar-refractivity contribution in [1.82, 2.24) is 19.5 Å². The summed E-state index contributed by atoms with van der Waals surface area (Å²) >= 11 is 0. The van der Waals surface area contributed by atoms with Gasteiger partial charge in [-0.15, -0.1) is 0 Å². The van der Waals surface area contributed by atoms with Crippen molar-refractivity contribution in [3.8, 4) is 62.1 Å².